The lowest BCUT2D eigenvalue weighted by atomic mass is 10.1. The molecule has 360 valence electrons. The molecule has 0 saturated heterocycles. The third-order valence-electron chi connectivity index (χ3n) is 10.2. The first-order valence-electron chi connectivity index (χ1n) is 25.7. The first-order chi connectivity index (χ1) is 31.6. The van der Waals surface area contributed by atoms with Gasteiger partial charge in [0.15, 0.2) is 6.10 Å². The Hall–Kier alpha value is -3.96. The second kappa shape index (κ2) is 53.4. The summed E-state index contributed by atoms with van der Waals surface area (Å²) in [6.07, 6.45) is 76.1. The summed E-state index contributed by atoms with van der Waals surface area (Å²) in [5, 5.41) is 0. The van der Waals surface area contributed by atoms with Crippen molar-refractivity contribution >= 4 is 11.9 Å². The molecule has 0 aliphatic heterocycles. The van der Waals surface area contributed by atoms with Crippen molar-refractivity contribution in [1.82, 2.24) is 0 Å². The molecule has 0 aromatic carbocycles. The second-order valence-electron chi connectivity index (χ2n) is 16.3. The molecule has 64 heavy (non-hydrogen) atoms. The Bertz CT molecular complexity index is 1370. The molecule has 0 heterocycles. The van der Waals surface area contributed by atoms with E-state index in [9.17, 15) is 9.59 Å². The number of allylic oxidation sites excluding steroid dienone is 22. The van der Waals surface area contributed by atoms with Crippen LogP contribution in [0.1, 0.15) is 201 Å². The highest BCUT2D eigenvalue weighted by Gasteiger charge is 2.17. The molecule has 0 aromatic rings. The molecule has 0 aromatic heterocycles. The summed E-state index contributed by atoms with van der Waals surface area (Å²) in [6, 6.07) is 0. The Morgan fingerprint density at radius 1 is 0.359 bits per heavy atom. The zero-order valence-electron chi connectivity index (χ0n) is 41.2. The van der Waals surface area contributed by atoms with Crippen molar-refractivity contribution in [3.8, 4) is 0 Å². The standard InChI is InChI=1S/C59H94O5/c1-4-7-10-13-16-19-22-25-28-30-32-34-37-40-43-46-49-52-58(60)63-56-57(55-62-54-51-48-45-42-39-36-33-29-26-23-20-17-14-11-8-5-2)64-59(61)53-50-47-44-41-38-35-31-27-24-21-18-15-12-9-6-3/h7-8,10-11,16-21,25-29,31-32,34,36,39-40,43,57H,4-6,9,12-15,22-24,30,33,35,37-38,41-42,44-56H2,1-3H3/b10-7-,11-8-,19-16-,20-17-,21-18-,28-25-,29-26-,31-27-,34-32-,39-36-,43-40-. The molecule has 0 bridgehead atoms. The predicted octanol–water partition coefficient (Wildman–Crippen LogP) is 17.6. The lowest BCUT2D eigenvalue weighted by Crippen LogP contribution is -2.30. The molecule has 0 aliphatic rings. The Morgan fingerprint density at radius 2 is 0.719 bits per heavy atom. The first kappa shape index (κ1) is 60.0. The number of carbonyl (C=O) groups excluding carboxylic acids is 2. The van der Waals surface area contributed by atoms with Gasteiger partial charge in [-0.2, -0.15) is 0 Å². The normalized spacial score (nSPS) is 13.4. The van der Waals surface area contributed by atoms with Gasteiger partial charge in [-0.05, 0) is 128 Å². The van der Waals surface area contributed by atoms with Crippen LogP contribution in [0.2, 0.25) is 0 Å². The van der Waals surface area contributed by atoms with Crippen LogP contribution in [0.15, 0.2) is 134 Å². The number of hydrogen-bond donors (Lipinski definition) is 0. The average molecular weight is 883 g/mol. The summed E-state index contributed by atoms with van der Waals surface area (Å²) in [4.78, 5) is 25.4. The van der Waals surface area contributed by atoms with Gasteiger partial charge in [0, 0.05) is 19.4 Å². The van der Waals surface area contributed by atoms with Crippen LogP contribution in [0, 0.1) is 0 Å². The summed E-state index contributed by atoms with van der Waals surface area (Å²) in [6.45, 7) is 7.40. The Balaban J connectivity index is 4.48. The largest absolute Gasteiger partial charge is 0.462 e. The lowest BCUT2D eigenvalue weighted by Gasteiger charge is -2.18. The van der Waals surface area contributed by atoms with Crippen LogP contribution in [-0.4, -0.2) is 37.9 Å². The number of ether oxygens (including phenoxy) is 3. The molecule has 5 nitrogen and oxygen atoms in total. The summed E-state index contributed by atoms with van der Waals surface area (Å²) in [5.74, 6) is -0.510. The Kier molecular flexibility index (Phi) is 50.1. The third-order valence-corrected chi connectivity index (χ3v) is 10.2. The minimum atomic E-state index is -0.593. The van der Waals surface area contributed by atoms with E-state index in [2.05, 4.69) is 154 Å². The highest BCUT2D eigenvalue weighted by atomic mass is 16.6. The van der Waals surface area contributed by atoms with Gasteiger partial charge in [-0.3, -0.25) is 9.59 Å². The van der Waals surface area contributed by atoms with Gasteiger partial charge in [-0.15, -0.1) is 0 Å². The van der Waals surface area contributed by atoms with Crippen molar-refractivity contribution in [2.75, 3.05) is 19.8 Å². The molecule has 0 aliphatic carbocycles. The van der Waals surface area contributed by atoms with E-state index in [0.29, 0.717) is 19.4 Å². The summed E-state index contributed by atoms with van der Waals surface area (Å²) in [5.41, 5.74) is 0. The fraction of sp³-hybridized carbons (Fsp3) is 0.593. The van der Waals surface area contributed by atoms with Crippen molar-refractivity contribution in [3.05, 3.63) is 134 Å². The molecular formula is C59H94O5. The van der Waals surface area contributed by atoms with Crippen LogP contribution in [0.3, 0.4) is 0 Å². The fourth-order valence-electron chi connectivity index (χ4n) is 6.39. The van der Waals surface area contributed by atoms with E-state index >= 15 is 0 Å². The van der Waals surface area contributed by atoms with Crippen LogP contribution < -0.4 is 0 Å². The van der Waals surface area contributed by atoms with Crippen LogP contribution in [0.4, 0.5) is 0 Å². The number of rotatable bonds is 45. The number of hydrogen-bond acceptors (Lipinski definition) is 5. The highest BCUT2D eigenvalue weighted by molar-refractivity contribution is 5.70. The number of esters is 2. The third kappa shape index (κ3) is 50.7. The molecule has 0 spiro atoms. The zero-order valence-corrected chi connectivity index (χ0v) is 41.2. The van der Waals surface area contributed by atoms with Gasteiger partial charge < -0.3 is 14.2 Å². The molecule has 0 radical (unpaired) electrons. The molecule has 5 heteroatoms. The van der Waals surface area contributed by atoms with Crippen molar-refractivity contribution in [2.24, 2.45) is 0 Å². The van der Waals surface area contributed by atoms with E-state index < -0.39 is 6.10 Å². The highest BCUT2D eigenvalue weighted by Crippen LogP contribution is 2.11. The molecule has 0 rings (SSSR count). The maximum atomic E-state index is 12.8. The minimum Gasteiger partial charge on any atom is -0.462 e. The molecule has 0 saturated carbocycles. The van der Waals surface area contributed by atoms with Crippen molar-refractivity contribution in [2.45, 2.75) is 207 Å². The van der Waals surface area contributed by atoms with Crippen LogP contribution in [-0.2, 0) is 23.8 Å². The minimum absolute atomic E-state index is 0.0280. The lowest BCUT2D eigenvalue weighted by molar-refractivity contribution is -0.163. The zero-order chi connectivity index (χ0) is 46.3. The summed E-state index contributed by atoms with van der Waals surface area (Å²) < 4.78 is 17.3. The topological polar surface area (TPSA) is 61.8 Å². The summed E-state index contributed by atoms with van der Waals surface area (Å²) in [7, 11) is 0. The van der Waals surface area contributed by atoms with E-state index in [-0.39, 0.29) is 25.2 Å². The van der Waals surface area contributed by atoms with E-state index in [0.717, 1.165) is 128 Å². The van der Waals surface area contributed by atoms with Gasteiger partial charge in [0.2, 0.25) is 0 Å². The van der Waals surface area contributed by atoms with Gasteiger partial charge in [0.25, 0.3) is 0 Å². The van der Waals surface area contributed by atoms with Gasteiger partial charge in [0.05, 0.1) is 6.61 Å². The van der Waals surface area contributed by atoms with Crippen LogP contribution >= 0.6 is 0 Å². The van der Waals surface area contributed by atoms with Crippen molar-refractivity contribution < 1.29 is 23.8 Å². The van der Waals surface area contributed by atoms with Gasteiger partial charge >= 0.3 is 11.9 Å². The van der Waals surface area contributed by atoms with Crippen LogP contribution in [0.25, 0.3) is 0 Å². The Labute approximate surface area is 394 Å². The molecule has 0 N–H and O–H groups in total. The van der Waals surface area contributed by atoms with Crippen LogP contribution in [0.5, 0.6) is 0 Å². The molecular weight excluding hydrogens is 789 g/mol. The van der Waals surface area contributed by atoms with Gasteiger partial charge in [-0.25, -0.2) is 0 Å². The Morgan fingerprint density at radius 3 is 1.17 bits per heavy atom. The molecule has 1 atom stereocenters. The number of carbonyl (C=O) groups is 2. The molecule has 1 unspecified atom stereocenters. The van der Waals surface area contributed by atoms with E-state index in [1.165, 1.54) is 38.5 Å². The van der Waals surface area contributed by atoms with E-state index in [4.69, 9.17) is 14.2 Å². The maximum absolute atomic E-state index is 12.8. The molecule has 0 fully saturated rings. The van der Waals surface area contributed by atoms with Crippen molar-refractivity contribution in [1.29, 1.82) is 0 Å². The number of unbranched alkanes of at least 4 members (excludes halogenated alkanes) is 12. The van der Waals surface area contributed by atoms with E-state index in [1.807, 2.05) is 0 Å². The fourth-order valence-corrected chi connectivity index (χ4v) is 6.39. The quantitative estimate of drug-likeness (QED) is 0.0346. The average Bonchev–Trinajstić information content (AvgIpc) is 3.30. The monoisotopic (exact) mass is 883 g/mol. The van der Waals surface area contributed by atoms with E-state index in [1.54, 1.807) is 0 Å². The smallest absolute Gasteiger partial charge is 0.306 e. The van der Waals surface area contributed by atoms with Gasteiger partial charge in [-0.1, -0.05) is 193 Å². The maximum Gasteiger partial charge on any atom is 0.306 e. The predicted molar refractivity (Wildman–Crippen MR) is 278 cm³/mol. The SMILES string of the molecule is CC/C=C\C/C=C\C/C=C\C/C=C\C/C=C\CCCC(=O)OCC(COCCCCC/C=C\C/C=C\C/C=C\C/C=C\CC)OC(=O)CCCCCCC/C=C\C/C=C\CCCCC. The molecule has 0 amide bonds. The van der Waals surface area contributed by atoms with Gasteiger partial charge in [0.1, 0.15) is 6.61 Å². The summed E-state index contributed by atoms with van der Waals surface area (Å²) >= 11 is 0. The van der Waals surface area contributed by atoms with Crippen molar-refractivity contribution in [3.63, 3.8) is 0 Å². The second-order valence-corrected chi connectivity index (χ2v) is 16.3. The first-order valence-corrected chi connectivity index (χ1v) is 25.7.